The molecule has 8 heteroatoms. The monoisotopic (exact) mass is 336 g/mol. The maximum absolute atomic E-state index is 13.0. The molecule has 2 aromatic rings. The number of esters is 1. The number of halogens is 2. The number of nitriles is 1. The third kappa shape index (κ3) is 3.96. The van der Waals surface area contributed by atoms with Crippen molar-refractivity contribution < 1.29 is 23.1 Å². The first-order valence-electron chi connectivity index (χ1n) is 6.39. The van der Waals surface area contributed by atoms with Crippen LogP contribution in [-0.2, 0) is 9.53 Å². The molecule has 0 aliphatic carbocycles. The average molecular weight is 336 g/mol. The predicted molar refractivity (Wildman–Crippen MR) is 76.9 cm³/mol. The summed E-state index contributed by atoms with van der Waals surface area (Å²) in [6.07, 6.45) is 0. The van der Waals surface area contributed by atoms with Gasteiger partial charge in [0.15, 0.2) is 29.9 Å². The molecule has 0 amide bonds. The van der Waals surface area contributed by atoms with E-state index >= 15 is 0 Å². The van der Waals surface area contributed by atoms with Gasteiger partial charge in [-0.2, -0.15) is 5.26 Å². The van der Waals surface area contributed by atoms with E-state index in [9.17, 15) is 18.4 Å². The molecule has 1 heterocycles. The van der Waals surface area contributed by atoms with E-state index in [4.69, 9.17) is 10.00 Å². The van der Waals surface area contributed by atoms with E-state index in [1.54, 1.807) is 12.3 Å². The van der Waals surface area contributed by atoms with Gasteiger partial charge in [-0.25, -0.2) is 18.6 Å². The van der Waals surface area contributed by atoms with E-state index in [2.05, 4.69) is 4.98 Å². The van der Waals surface area contributed by atoms with Crippen molar-refractivity contribution >= 4 is 23.1 Å². The summed E-state index contributed by atoms with van der Waals surface area (Å²) >= 11 is 1.16. The number of aryl methyl sites for hydroxylation is 1. The van der Waals surface area contributed by atoms with Crippen molar-refractivity contribution in [2.45, 2.75) is 12.8 Å². The summed E-state index contributed by atoms with van der Waals surface area (Å²) in [5.74, 6) is -5.05. The van der Waals surface area contributed by atoms with Crippen LogP contribution in [0.25, 0.3) is 0 Å². The highest BCUT2D eigenvalue weighted by Crippen LogP contribution is 2.21. The highest BCUT2D eigenvalue weighted by Gasteiger charge is 2.24. The fourth-order valence-corrected chi connectivity index (χ4v) is 2.56. The molecular weight excluding hydrogens is 326 g/mol. The van der Waals surface area contributed by atoms with Crippen LogP contribution in [0, 0.1) is 29.9 Å². The average Bonchev–Trinajstić information content (AvgIpc) is 2.94. The molecule has 2 rings (SSSR count). The quantitative estimate of drug-likeness (QED) is 0.784. The van der Waals surface area contributed by atoms with Crippen molar-refractivity contribution in [2.75, 3.05) is 6.61 Å². The summed E-state index contributed by atoms with van der Waals surface area (Å²) in [6, 6.07) is 4.30. The second kappa shape index (κ2) is 7.07. The van der Waals surface area contributed by atoms with Gasteiger partial charge in [-0.05, 0) is 25.1 Å². The zero-order chi connectivity index (χ0) is 17.0. The number of aromatic nitrogens is 1. The molecule has 1 aromatic heterocycles. The smallest absolute Gasteiger partial charge is 0.338 e. The molecule has 0 bridgehead atoms. The maximum Gasteiger partial charge on any atom is 0.338 e. The van der Waals surface area contributed by atoms with E-state index in [-0.39, 0.29) is 5.56 Å². The molecule has 0 N–H and O–H groups in total. The maximum atomic E-state index is 13.0. The Labute approximate surface area is 134 Å². The summed E-state index contributed by atoms with van der Waals surface area (Å²) in [7, 11) is 0. The number of ketones is 1. The number of thiazole rings is 1. The highest BCUT2D eigenvalue weighted by atomic mass is 32.1. The normalized spacial score (nSPS) is 11.6. The number of nitrogens with zero attached hydrogens (tertiary/aromatic N) is 2. The lowest BCUT2D eigenvalue weighted by Gasteiger charge is -2.07. The molecule has 5 nitrogen and oxygen atoms in total. The van der Waals surface area contributed by atoms with Gasteiger partial charge in [0.2, 0.25) is 0 Å². The molecule has 23 heavy (non-hydrogen) atoms. The predicted octanol–water partition coefficient (Wildman–Crippen LogP) is 2.76. The number of hydrogen-bond donors (Lipinski definition) is 0. The Bertz CT molecular complexity index is 798. The Balaban J connectivity index is 2.01. The van der Waals surface area contributed by atoms with Gasteiger partial charge >= 0.3 is 5.97 Å². The van der Waals surface area contributed by atoms with Crippen LogP contribution in [0.2, 0.25) is 0 Å². The Morgan fingerprint density at radius 1 is 1.39 bits per heavy atom. The molecule has 0 unspecified atom stereocenters. The number of benzene rings is 1. The molecule has 1 atom stereocenters. The summed E-state index contributed by atoms with van der Waals surface area (Å²) in [6.45, 7) is 1.07. The second-order valence-electron chi connectivity index (χ2n) is 4.56. The van der Waals surface area contributed by atoms with Gasteiger partial charge in [0, 0.05) is 11.1 Å². The van der Waals surface area contributed by atoms with E-state index in [1.807, 2.05) is 6.07 Å². The van der Waals surface area contributed by atoms with Crippen molar-refractivity contribution in [3.63, 3.8) is 0 Å². The molecule has 0 saturated carbocycles. The van der Waals surface area contributed by atoms with Crippen LogP contribution in [0.4, 0.5) is 8.78 Å². The highest BCUT2D eigenvalue weighted by molar-refractivity contribution is 7.09. The van der Waals surface area contributed by atoms with Crippen molar-refractivity contribution in [1.29, 1.82) is 5.26 Å². The zero-order valence-electron chi connectivity index (χ0n) is 11.9. The SMILES string of the molecule is Cc1csc([C@H](C#N)C(=O)COC(=O)c2ccc(F)c(F)c2)n1. The number of Topliss-reactive ketones (excluding diaryl/α,β-unsaturated/α-hetero) is 1. The number of carbonyl (C=O) groups excluding carboxylic acids is 2. The molecule has 0 saturated heterocycles. The first-order chi connectivity index (χ1) is 10.9. The van der Waals surface area contributed by atoms with Crippen LogP contribution in [0.1, 0.15) is 27.0 Å². The number of carbonyl (C=O) groups is 2. The van der Waals surface area contributed by atoms with Crippen LogP contribution in [0.15, 0.2) is 23.6 Å². The largest absolute Gasteiger partial charge is 0.454 e. The topological polar surface area (TPSA) is 80.0 Å². The van der Waals surface area contributed by atoms with Crippen molar-refractivity contribution in [2.24, 2.45) is 0 Å². The summed E-state index contributed by atoms with van der Waals surface area (Å²) in [5.41, 5.74) is 0.451. The van der Waals surface area contributed by atoms with Crippen molar-refractivity contribution in [3.8, 4) is 6.07 Å². The molecule has 118 valence electrons. The van der Waals surface area contributed by atoms with E-state index in [0.717, 1.165) is 23.5 Å². The van der Waals surface area contributed by atoms with Crippen LogP contribution in [0.3, 0.4) is 0 Å². The zero-order valence-corrected chi connectivity index (χ0v) is 12.7. The first kappa shape index (κ1) is 16.7. The van der Waals surface area contributed by atoms with Gasteiger partial charge in [-0.15, -0.1) is 11.3 Å². The van der Waals surface area contributed by atoms with Gasteiger partial charge in [0.1, 0.15) is 5.01 Å². The molecule has 0 fully saturated rings. The Hall–Kier alpha value is -2.66. The van der Waals surface area contributed by atoms with Gasteiger partial charge in [0.25, 0.3) is 0 Å². The van der Waals surface area contributed by atoms with Gasteiger partial charge in [0.05, 0.1) is 11.6 Å². The molecule has 0 aliphatic heterocycles. The molecule has 0 radical (unpaired) electrons. The van der Waals surface area contributed by atoms with Gasteiger partial charge in [-0.3, -0.25) is 4.79 Å². The van der Waals surface area contributed by atoms with Gasteiger partial charge < -0.3 is 4.74 Å². The Morgan fingerprint density at radius 3 is 2.70 bits per heavy atom. The minimum atomic E-state index is -1.20. The van der Waals surface area contributed by atoms with Crippen molar-refractivity contribution in [3.05, 3.63) is 51.5 Å². The van der Waals surface area contributed by atoms with Gasteiger partial charge in [-0.1, -0.05) is 0 Å². The minimum Gasteiger partial charge on any atom is -0.454 e. The lowest BCUT2D eigenvalue weighted by atomic mass is 10.1. The standard InChI is InChI=1S/C15H10F2N2O3S/c1-8-7-23-14(19-8)10(5-18)13(20)6-22-15(21)9-2-3-11(16)12(17)4-9/h2-4,7,10H,6H2,1H3/t10-/m1/s1. The number of rotatable bonds is 5. The summed E-state index contributed by atoms with van der Waals surface area (Å²) in [5, 5.41) is 11.1. The number of hydrogen-bond acceptors (Lipinski definition) is 6. The first-order valence-corrected chi connectivity index (χ1v) is 7.27. The lowest BCUT2D eigenvalue weighted by molar-refractivity contribution is -0.122. The third-order valence-corrected chi connectivity index (χ3v) is 3.86. The molecule has 0 spiro atoms. The molecule has 1 aromatic carbocycles. The van der Waals surface area contributed by atoms with Crippen LogP contribution >= 0.6 is 11.3 Å². The lowest BCUT2D eigenvalue weighted by Crippen LogP contribution is -2.20. The van der Waals surface area contributed by atoms with Crippen LogP contribution in [-0.4, -0.2) is 23.3 Å². The number of ether oxygens (including phenoxy) is 1. The Morgan fingerprint density at radius 2 is 2.13 bits per heavy atom. The van der Waals surface area contributed by atoms with Crippen molar-refractivity contribution in [1.82, 2.24) is 4.98 Å². The summed E-state index contributed by atoms with van der Waals surface area (Å²) in [4.78, 5) is 27.7. The molecule has 0 aliphatic rings. The summed E-state index contributed by atoms with van der Waals surface area (Å²) < 4.78 is 30.6. The fraction of sp³-hybridized carbons (Fsp3) is 0.200. The van der Waals surface area contributed by atoms with E-state index in [0.29, 0.717) is 16.8 Å². The fourth-order valence-electron chi connectivity index (χ4n) is 1.70. The minimum absolute atomic E-state index is 0.227. The third-order valence-electron chi connectivity index (χ3n) is 2.84. The molecular formula is C15H10F2N2O3S. The van der Waals surface area contributed by atoms with E-state index in [1.165, 1.54) is 0 Å². The van der Waals surface area contributed by atoms with Crippen LogP contribution < -0.4 is 0 Å². The van der Waals surface area contributed by atoms with Crippen LogP contribution in [0.5, 0.6) is 0 Å². The second-order valence-corrected chi connectivity index (χ2v) is 5.45. The van der Waals surface area contributed by atoms with E-state index < -0.39 is 35.9 Å². The Kier molecular flexibility index (Phi) is 5.13.